The third-order valence-electron chi connectivity index (χ3n) is 1.46. The van der Waals surface area contributed by atoms with Crippen molar-refractivity contribution >= 4 is 65.1 Å². The lowest BCUT2D eigenvalue weighted by Gasteiger charge is -2.10. The first-order valence-electron chi connectivity index (χ1n) is 3.72. The quantitative estimate of drug-likeness (QED) is 0.736. The molecule has 0 saturated carbocycles. The van der Waals surface area contributed by atoms with Crippen molar-refractivity contribution in [3.05, 3.63) is 37.2 Å². The van der Waals surface area contributed by atoms with Gasteiger partial charge >= 0.3 is 0 Å². The zero-order valence-electron chi connectivity index (χ0n) is 7.08. The van der Waals surface area contributed by atoms with Crippen LogP contribution in [0.5, 0.6) is 0 Å². The fourth-order valence-electron chi connectivity index (χ4n) is 0.895. The fraction of sp³-hybridized carbons (Fsp3) is 0.111. The Hall–Kier alpha value is 0.490. The molecule has 0 aromatic heterocycles. The molecule has 0 aliphatic carbocycles. The van der Waals surface area contributed by atoms with Gasteiger partial charge in [0.15, 0.2) is 0 Å². The van der Waals surface area contributed by atoms with E-state index >= 15 is 0 Å². The van der Waals surface area contributed by atoms with Crippen LogP contribution in [0, 0.1) is 0 Å². The molecule has 5 heteroatoms. The summed E-state index contributed by atoms with van der Waals surface area (Å²) < 4.78 is 2.94. The van der Waals surface area contributed by atoms with Crippen molar-refractivity contribution in [3.63, 3.8) is 0 Å². The minimum atomic E-state index is 0.542. The molecule has 0 saturated heterocycles. The van der Waals surface area contributed by atoms with Gasteiger partial charge in [-0.1, -0.05) is 34.1 Å². The summed E-state index contributed by atoms with van der Waals surface area (Å²) >= 11 is 16.0. The number of halogens is 4. The Bertz CT molecular complexity index is 342. The molecule has 0 aliphatic heterocycles. The van der Waals surface area contributed by atoms with E-state index in [0.29, 0.717) is 11.6 Å². The molecule has 0 fully saturated rings. The maximum atomic E-state index is 5.67. The molecule has 0 bridgehead atoms. The summed E-state index contributed by atoms with van der Waals surface area (Å²) in [5, 5.41) is 3.74. The average Bonchev–Trinajstić information content (AvgIpc) is 2.01. The van der Waals surface area contributed by atoms with Gasteiger partial charge in [0.2, 0.25) is 0 Å². The number of hydrogen-bond acceptors (Lipinski definition) is 1. The first kappa shape index (κ1) is 12.6. The zero-order valence-corrected chi connectivity index (χ0v) is 12.6. The summed E-state index contributed by atoms with van der Waals surface area (Å²) in [7, 11) is 0. The Labute approximate surface area is 113 Å². The van der Waals surface area contributed by atoms with E-state index in [1.807, 2.05) is 12.1 Å². The molecule has 76 valence electrons. The lowest BCUT2D eigenvalue weighted by molar-refractivity contribution is 1.30. The van der Waals surface area contributed by atoms with E-state index in [1.165, 1.54) is 0 Å². The molecular weight excluding hydrogens is 397 g/mol. The topological polar surface area (TPSA) is 12.0 Å². The third kappa shape index (κ3) is 3.57. The van der Waals surface area contributed by atoms with Gasteiger partial charge in [0.05, 0.1) is 12.2 Å². The maximum absolute atomic E-state index is 5.67. The minimum Gasteiger partial charge on any atom is -0.378 e. The second-order valence-electron chi connectivity index (χ2n) is 2.62. The van der Waals surface area contributed by atoms with Gasteiger partial charge in [-0.3, -0.25) is 0 Å². The lowest BCUT2D eigenvalue weighted by atomic mass is 10.3. The van der Waals surface area contributed by atoms with Gasteiger partial charge < -0.3 is 5.32 Å². The predicted octanol–water partition coefficient (Wildman–Crippen LogP) is 5.14. The van der Waals surface area contributed by atoms with Gasteiger partial charge in [0.25, 0.3) is 0 Å². The SMILES string of the molecule is C=C(Cl)CNc1c(Br)cc(Br)cc1Br. The van der Waals surface area contributed by atoms with Crippen molar-refractivity contribution in [1.82, 2.24) is 0 Å². The van der Waals surface area contributed by atoms with Crippen LogP contribution in [0.25, 0.3) is 0 Å². The smallest absolute Gasteiger partial charge is 0.0632 e. The Morgan fingerprint density at radius 2 is 1.79 bits per heavy atom. The molecule has 1 N–H and O–H groups in total. The Balaban J connectivity index is 2.91. The Kier molecular flexibility index (Phi) is 4.97. The molecule has 0 spiro atoms. The van der Waals surface area contributed by atoms with Crippen molar-refractivity contribution in [1.29, 1.82) is 0 Å². The van der Waals surface area contributed by atoms with Crippen LogP contribution < -0.4 is 5.32 Å². The molecule has 1 aromatic carbocycles. The van der Waals surface area contributed by atoms with E-state index in [9.17, 15) is 0 Å². The van der Waals surface area contributed by atoms with Crippen LogP contribution in [-0.2, 0) is 0 Å². The van der Waals surface area contributed by atoms with Crippen LogP contribution in [0.1, 0.15) is 0 Å². The summed E-state index contributed by atoms with van der Waals surface area (Å²) in [6.07, 6.45) is 0. The molecule has 0 radical (unpaired) electrons. The normalized spacial score (nSPS) is 10.0. The van der Waals surface area contributed by atoms with Crippen LogP contribution >= 0.6 is 59.4 Å². The van der Waals surface area contributed by atoms with E-state index in [1.54, 1.807) is 0 Å². The first-order valence-corrected chi connectivity index (χ1v) is 6.48. The molecular formula is C9H7Br3ClN. The minimum absolute atomic E-state index is 0.542. The molecule has 0 heterocycles. The van der Waals surface area contributed by atoms with Gasteiger partial charge in [-0.25, -0.2) is 0 Å². The van der Waals surface area contributed by atoms with Crippen molar-refractivity contribution in [3.8, 4) is 0 Å². The summed E-state index contributed by atoms with van der Waals surface area (Å²) in [6, 6.07) is 3.92. The van der Waals surface area contributed by atoms with Crippen LogP contribution in [0.2, 0.25) is 0 Å². The van der Waals surface area contributed by atoms with E-state index in [4.69, 9.17) is 11.6 Å². The Morgan fingerprint density at radius 1 is 1.29 bits per heavy atom. The van der Waals surface area contributed by atoms with Gasteiger partial charge in [0.1, 0.15) is 0 Å². The predicted molar refractivity (Wildman–Crippen MR) is 73.0 cm³/mol. The van der Waals surface area contributed by atoms with E-state index in [-0.39, 0.29) is 0 Å². The average molecular weight is 404 g/mol. The molecule has 0 unspecified atom stereocenters. The Morgan fingerprint density at radius 3 is 2.21 bits per heavy atom. The highest BCUT2D eigenvalue weighted by atomic mass is 79.9. The second-order valence-corrected chi connectivity index (χ2v) is 5.77. The number of anilines is 1. The molecule has 0 amide bonds. The molecule has 1 rings (SSSR count). The molecule has 0 aliphatic rings. The zero-order chi connectivity index (χ0) is 10.7. The van der Waals surface area contributed by atoms with Gasteiger partial charge in [-0.05, 0) is 44.0 Å². The van der Waals surface area contributed by atoms with Gasteiger partial charge in [-0.2, -0.15) is 0 Å². The second kappa shape index (κ2) is 5.54. The molecule has 1 aromatic rings. The van der Waals surface area contributed by atoms with E-state index in [2.05, 4.69) is 59.7 Å². The van der Waals surface area contributed by atoms with Crippen LogP contribution in [0.15, 0.2) is 37.2 Å². The molecule has 0 atom stereocenters. The highest BCUT2D eigenvalue weighted by Gasteiger charge is 2.05. The maximum Gasteiger partial charge on any atom is 0.0632 e. The van der Waals surface area contributed by atoms with Crippen LogP contribution in [0.4, 0.5) is 5.69 Å². The molecule has 14 heavy (non-hydrogen) atoms. The summed E-state index contributed by atoms with van der Waals surface area (Å²) in [5.41, 5.74) is 0.968. The van der Waals surface area contributed by atoms with Crippen molar-refractivity contribution in [2.75, 3.05) is 11.9 Å². The van der Waals surface area contributed by atoms with Crippen molar-refractivity contribution in [2.24, 2.45) is 0 Å². The monoisotopic (exact) mass is 401 g/mol. The van der Waals surface area contributed by atoms with Crippen LogP contribution in [0.3, 0.4) is 0 Å². The van der Waals surface area contributed by atoms with E-state index in [0.717, 1.165) is 19.1 Å². The highest BCUT2D eigenvalue weighted by molar-refractivity contribution is 9.11. The standard InChI is InChI=1S/C9H7Br3ClN/c1-5(13)4-14-9-7(11)2-6(10)3-8(9)12/h2-3,14H,1,4H2. The van der Waals surface area contributed by atoms with E-state index < -0.39 is 0 Å². The number of benzene rings is 1. The lowest BCUT2D eigenvalue weighted by Crippen LogP contribution is -2.02. The number of rotatable bonds is 3. The number of hydrogen-bond donors (Lipinski definition) is 1. The van der Waals surface area contributed by atoms with Gasteiger partial charge in [-0.15, -0.1) is 0 Å². The van der Waals surface area contributed by atoms with Crippen molar-refractivity contribution < 1.29 is 0 Å². The largest absolute Gasteiger partial charge is 0.378 e. The first-order chi connectivity index (χ1) is 6.50. The van der Waals surface area contributed by atoms with Gasteiger partial charge in [0, 0.05) is 18.5 Å². The molecule has 1 nitrogen and oxygen atoms in total. The summed E-state index contributed by atoms with van der Waals surface area (Å²) in [4.78, 5) is 0. The summed E-state index contributed by atoms with van der Waals surface area (Å²) in [6.45, 7) is 4.15. The number of nitrogens with one attached hydrogen (secondary N) is 1. The van der Waals surface area contributed by atoms with Crippen molar-refractivity contribution in [2.45, 2.75) is 0 Å². The third-order valence-corrected chi connectivity index (χ3v) is 3.31. The highest BCUT2D eigenvalue weighted by Crippen LogP contribution is 2.34. The van der Waals surface area contributed by atoms with Crippen LogP contribution in [-0.4, -0.2) is 6.54 Å². The summed E-state index contributed by atoms with van der Waals surface area (Å²) in [5.74, 6) is 0. The fourth-order valence-corrected chi connectivity index (χ4v) is 3.50.